The quantitative estimate of drug-likeness (QED) is 0.765. The third-order valence-electron chi connectivity index (χ3n) is 4.18. The fraction of sp³-hybridized carbons (Fsp3) is 0.625. The van der Waals surface area contributed by atoms with Crippen LogP contribution in [0, 0.1) is 11.8 Å². The van der Waals surface area contributed by atoms with Gasteiger partial charge in [0.2, 0.25) is 0 Å². The zero-order valence-electron chi connectivity index (χ0n) is 10.6. The van der Waals surface area contributed by atoms with Crippen molar-refractivity contribution < 1.29 is 0 Å². The monoisotopic (exact) mass is 229 g/mol. The largest absolute Gasteiger partial charge is 0.303 e. The molecule has 1 nitrogen and oxygen atoms in total. The van der Waals surface area contributed by atoms with E-state index >= 15 is 0 Å². The van der Waals surface area contributed by atoms with Gasteiger partial charge in [-0.25, -0.2) is 0 Å². The van der Waals surface area contributed by atoms with Gasteiger partial charge in [0.05, 0.1) is 0 Å². The minimum atomic E-state index is 0.893. The first-order chi connectivity index (χ1) is 8.40. The Kier molecular flexibility index (Phi) is 3.46. The Labute approximate surface area is 105 Å². The molecule has 1 saturated heterocycles. The Hall–Kier alpha value is -0.820. The zero-order valence-corrected chi connectivity index (χ0v) is 10.6. The van der Waals surface area contributed by atoms with Gasteiger partial charge in [-0.2, -0.15) is 0 Å². The van der Waals surface area contributed by atoms with Crippen LogP contribution in [0.3, 0.4) is 0 Å². The van der Waals surface area contributed by atoms with Crippen LogP contribution in [-0.4, -0.2) is 24.5 Å². The van der Waals surface area contributed by atoms with Crippen LogP contribution < -0.4 is 0 Å². The van der Waals surface area contributed by atoms with Gasteiger partial charge in [-0.05, 0) is 56.0 Å². The second-order valence-corrected chi connectivity index (χ2v) is 5.90. The van der Waals surface area contributed by atoms with Gasteiger partial charge in [0.1, 0.15) is 0 Å². The molecule has 0 radical (unpaired) electrons. The number of benzene rings is 1. The summed E-state index contributed by atoms with van der Waals surface area (Å²) in [5.41, 5.74) is 1.52. The number of rotatable bonds is 4. The van der Waals surface area contributed by atoms with Crippen molar-refractivity contribution in [2.75, 3.05) is 19.6 Å². The number of piperidine rings is 1. The van der Waals surface area contributed by atoms with Gasteiger partial charge >= 0.3 is 0 Å². The maximum absolute atomic E-state index is 2.72. The maximum atomic E-state index is 2.72. The van der Waals surface area contributed by atoms with Gasteiger partial charge in [-0.15, -0.1) is 0 Å². The Morgan fingerprint density at radius 2 is 1.82 bits per heavy atom. The molecule has 1 aliphatic heterocycles. The van der Waals surface area contributed by atoms with Gasteiger partial charge in [0.25, 0.3) is 0 Å². The highest BCUT2D eigenvalue weighted by Crippen LogP contribution is 2.31. The van der Waals surface area contributed by atoms with Crippen LogP contribution in [0.25, 0.3) is 0 Å². The number of hydrogen-bond donors (Lipinski definition) is 0. The molecule has 1 unspecified atom stereocenters. The Morgan fingerprint density at radius 1 is 1.00 bits per heavy atom. The lowest BCUT2D eigenvalue weighted by Gasteiger charge is -2.32. The topological polar surface area (TPSA) is 3.24 Å². The first-order valence-corrected chi connectivity index (χ1v) is 7.16. The van der Waals surface area contributed by atoms with E-state index in [-0.39, 0.29) is 0 Å². The molecule has 1 aromatic rings. The van der Waals surface area contributed by atoms with Crippen LogP contribution >= 0.6 is 0 Å². The zero-order chi connectivity index (χ0) is 11.5. The van der Waals surface area contributed by atoms with Crippen LogP contribution in [0.2, 0.25) is 0 Å². The van der Waals surface area contributed by atoms with Crippen molar-refractivity contribution in [3.8, 4) is 0 Å². The first kappa shape index (κ1) is 11.3. The van der Waals surface area contributed by atoms with Gasteiger partial charge < -0.3 is 4.90 Å². The van der Waals surface area contributed by atoms with Crippen LogP contribution in [0.4, 0.5) is 0 Å². The minimum Gasteiger partial charge on any atom is -0.303 e. The summed E-state index contributed by atoms with van der Waals surface area (Å²) in [6.07, 6.45) is 7.09. The molecule has 17 heavy (non-hydrogen) atoms. The summed E-state index contributed by atoms with van der Waals surface area (Å²) in [6, 6.07) is 11.0. The molecule has 2 fully saturated rings. The molecule has 1 saturated carbocycles. The third kappa shape index (κ3) is 3.32. The predicted molar refractivity (Wildman–Crippen MR) is 72.0 cm³/mol. The van der Waals surface area contributed by atoms with E-state index in [1.54, 1.807) is 0 Å². The van der Waals surface area contributed by atoms with Crippen LogP contribution in [0.1, 0.15) is 31.2 Å². The van der Waals surface area contributed by atoms with E-state index in [2.05, 4.69) is 35.2 Å². The smallest absolute Gasteiger partial charge is 0.00130 e. The van der Waals surface area contributed by atoms with E-state index in [0.29, 0.717) is 0 Å². The molecule has 92 valence electrons. The summed E-state index contributed by atoms with van der Waals surface area (Å²) in [5, 5.41) is 0. The van der Waals surface area contributed by atoms with Crippen LogP contribution in [-0.2, 0) is 6.42 Å². The van der Waals surface area contributed by atoms with Crippen LogP contribution in [0.5, 0.6) is 0 Å². The molecule has 1 heteroatoms. The fourth-order valence-electron chi connectivity index (χ4n) is 3.10. The normalized spacial score (nSPS) is 26.0. The molecular formula is C16H23N. The van der Waals surface area contributed by atoms with Crippen LogP contribution in [0.15, 0.2) is 30.3 Å². The summed E-state index contributed by atoms with van der Waals surface area (Å²) in [4.78, 5) is 2.72. The molecule has 3 rings (SSSR count). The molecule has 1 atom stereocenters. The summed E-state index contributed by atoms with van der Waals surface area (Å²) < 4.78 is 0. The number of hydrogen-bond acceptors (Lipinski definition) is 1. The first-order valence-electron chi connectivity index (χ1n) is 7.16. The van der Waals surface area contributed by atoms with Gasteiger partial charge in [0, 0.05) is 13.1 Å². The minimum absolute atomic E-state index is 0.893. The van der Waals surface area contributed by atoms with E-state index < -0.39 is 0 Å². The van der Waals surface area contributed by atoms with Crippen molar-refractivity contribution >= 4 is 0 Å². The molecule has 0 N–H and O–H groups in total. The lowest BCUT2D eigenvalue weighted by atomic mass is 9.91. The second-order valence-electron chi connectivity index (χ2n) is 5.90. The van der Waals surface area contributed by atoms with E-state index in [1.807, 2.05) is 0 Å². The van der Waals surface area contributed by atoms with Gasteiger partial charge in [0.15, 0.2) is 0 Å². The molecular weight excluding hydrogens is 206 g/mol. The Bertz CT molecular complexity index is 342. The van der Waals surface area contributed by atoms with Crippen molar-refractivity contribution in [2.24, 2.45) is 11.8 Å². The van der Waals surface area contributed by atoms with Gasteiger partial charge in [-0.3, -0.25) is 0 Å². The Morgan fingerprint density at radius 3 is 2.59 bits per heavy atom. The summed E-state index contributed by atoms with van der Waals surface area (Å²) >= 11 is 0. The van der Waals surface area contributed by atoms with E-state index in [9.17, 15) is 0 Å². The highest BCUT2D eigenvalue weighted by molar-refractivity contribution is 5.15. The maximum Gasteiger partial charge on any atom is 0.00130 e. The predicted octanol–water partition coefficient (Wildman–Crippen LogP) is 3.35. The standard InChI is InChI=1S/C16H23N/c1-2-5-14(6-3-1)11-16-7-4-10-17(13-16)12-15-8-9-15/h1-3,5-6,15-16H,4,7-13H2. The fourth-order valence-corrected chi connectivity index (χ4v) is 3.10. The van der Waals surface area contributed by atoms with Crippen molar-refractivity contribution in [3.05, 3.63) is 35.9 Å². The molecule has 1 aromatic carbocycles. The van der Waals surface area contributed by atoms with Crippen molar-refractivity contribution in [2.45, 2.75) is 32.1 Å². The van der Waals surface area contributed by atoms with E-state index in [1.165, 1.54) is 57.3 Å². The lowest BCUT2D eigenvalue weighted by molar-refractivity contribution is 0.168. The highest BCUT2D eigenvalue weighted by atomic mass is 15.1. The molecule has 0 aromatic heterocycles. The molecule has 0 bridgehead atoms. The van der Waals surface area contributed by atoms with E-state index in [4.69, 9.17) is 0 Å². The number of likely N-dealkylation sites (tertiary alicyclic amines) is 1. The summed E-state index contributed by atoms with van der Waals surface area (Å²) in [7, 11) is 0. The number of nitrogens with zero attached hydrogens (tertiary/aromatic N) is 1. The third-order valence-corrected chi connectivity index (χ3v) is 4.18. The SMILES string of the molecule is c1ccc(CC2CCCN(CC3CC3)C2)cc1. The summed E-state index contributed by atoms with van der Waals surface area (Å²) in [5.74, 6) is 1.94. The molecule has 1 heterocycles. The Balaban J connectivity index is 1.52. The average molecular weight is 229 g/mol. The highest BCUT2D eigenvalue weighted by Gasteiger charge is 2.27. The van der Waals surface area contributed by atoms with E-state index in [0.717, 1.165) is 11.8 Å². The molecule has 2 aliphatic rings. The molecule has 0 spiro atoms. The average Bonchev–Trinajstić information content (AvgIpc) is 3.15. The lowest BCUT2D eigenvalue weighted by Crippen LogP contribution is -2.37. The van der Waals surface area contributed by atoms with Crippen molar-refractivity contribution in [1.82, 2.24) is 4.90 Å². The van der Waals surface area contributed by atoms with Crippen molar-refractivity contribution in [3.63, 3.8) is 0 Å². The molecule has 0 amide bonds. The van der Waals surface area contributed by atoms with Crippen molar-refractivity contribution in [1.29, 1.82) is 0 Å². The van der Waals surface area contributed by atoms with Gasteiger partial charge in [-0.1, -0.05) is 30.3 Å². The second kappa shape index (κ2) is 5.22. The summed E-state index contributed by atoms with van der Waals surface area (Å²) in [6.45, 7) is 4.07. The molecule has 1 aliphatic carbocycles.